The minimum Gasteiger partial charge on any atom is -0.381 e. The van der Waals surface area contributed by atoms with Crippen molar-refractivity contribution >= 4 is 0 Å². The van der Waals surface area contributed by atoms with Crippen LogP contribution in [0.1, 0.15) is 24.0 Å². The lowest BCUT2D eigenvalue weighted by atomic mass is 9.89. The fourth-order valence-corrected chi connectivity index (χ4v) is 1.99. The van der Waals surface area contributed by atoms with Crippen molar-refractivity contribution in [3.63, 3.8) is 0 Å². The molecule has 82 valence electrons. The van der Waals surface area contributed by atoms with Crippen molar-refractivity contribution in [1.82, 2.24) is 0 Å². The number of benzene rings is 1. The first kappa shape index (κ1) is 10.6. The molecular formula is C13H17FO. The van der Waals surface area contributed by atoms with Crippen LogP contribution in [0.4, 0.5) is 4.39 Å². The molecule has 2 heteroatoms. The number of ether oxygens (including phenoxy) is 1. The Balaban J connectivity index is 2.03. The van der Waals surface area contributed by atoms with Crippen molar-refractivity contribution in [2.45, 2.75) is 31.9 Å². The third kappa shape index (κ3) is 2.78. The third-order valence-corrected chi connectivity index (χ3v) is 3.03. The van der Waals surface area contributed by atoms with Crippen LogP contribution in [0.2, 0.25) is 0 Å². The largest absolute Gasteiger partial charge is 0.381 e. The monoisotopic (exact) mass is 208 g/mol. The van der Waals surface area contributed by atoms with Gasteiger partial charge < -0.3 is 4.74 Å². The Kier molecular flexibility index (Phi) is 3.06. The highest BCUT2D eigenvalue weighted by Crippen LogP contribution is 2.29. The van der Waals surface area contributed by atoms with Crippen molar-refractivity contribution in [2.24, 2.45) is 0 Å². The van der Waals surface area contributed by atoms with Crippen LogP contribution in [0.5, 0.6) is 0 Å². The van der Waals surface area contributed by atoms with Gasteiger partial charge in [0.15, 0.2) is 0 Å². The molecule has 1 aliphatic heterocycles. The molecule has 1 heterocycles. The van der Waals surface area contributed by atoms with Crippen molar-refractivity contribution in [1.29, 1.82) is 0 Å². The zero-order valence-electron chi connectivity index (χ0n) is 9.13. The lowest BCUT2D eigenvalue weighted by Crippen LogP contribution is -2.33. The fraction of sp³-hybridized carbons (Fsp3) is 0.538. The molecule has 0 aliphatic carbocycles. The molecule has 1 fully saturated rings. The highest BCUT2D eigenvalue weighted by molar-refractivity contribution is 5.22. The van der Waals surface area contributed by atoms with E-state index in [-0.39, 0.29) is 0 Å². The standard InChI is InChI=1S/C13H17FO/c1-11-2-4-12(5-3-11)10-13(14)6-8-15-9-7-13/h2-5H,6-10H2,1H3. The van der Waals surface area contributed by atoms with Crippen LogP contribution in [0, 0.1) is 6.92 Å². The van der Waals surface area contributed by atoms with E-state index in [2.05, 4.69) is 0 Å². The topological polar surface area (TPSA) is 9.23 Å². The van der Waals surface area contributed by atoms with E-state index in [1.54, 1.807) is 0 Å². The van der Waals surface area contributed by atoms with Gasteiger partial charge in [0.25, 0.3) is 0 Å². The summed E-state index contributed by atoms with van der Waals surface area (Å²) in [6.07, 6.45) is 1.58. The van der Waals surface area contributed by atoms with E-state index >= 15 is 0 Å². The van der Waals surface area contributed by atoms with Gasteiger partial charge in [0, 0.05) is 32.5 Å². The molecule has 0 N–H and O–H groups in total. The number of aryl methyl sites for hydroxylation is 1. The quantitative estimate of drug-likeness (QED) is 0.725. The van der Waals surface area contributed by atoms with Gasteiger partial charge in [-0.2, -0.15) is 0 Å². The van der Waals surface area contributed by atoms with E-state index in [0.29, 0.717) is 32.5 Å². The highest BCUT2D eigenvalue weighted by Gasteiger charge is 2.32. The maximum Gasteiger partial charge on any atom is 0.119 e. The maximum atomic E-state index is 14.3. The SMILES string of the molecule is Cc1ccc(CC2(F)CCOCC2)cc1. The first-order valence-electron chi connectivity index (χ1n) is 5.50. The van der Waals surface area contributed by atoms with Gasteiger partial charge in [0.1, 0.15) is 5.67 Å². The van der Waals surface area contributed by atoms with Crippen LogP contribution in [-0.4, -0.2) is 18.9 Å². The van der Waals surface area contributed by atoms with Crippen LogP contribution in [0.3, 0.4) is 0 Å². The average molecular weight is 208 g/mol. The van der Waals surface area contributed by atoms with Gasteiger partial charge in [-0.25, -0.2) is 4.39 Å². The molecule has 15 heavy (non-hydrogen) atoms. The zero-order valence-corrected chi connectivity index (χ0v) is 9.13. The van der Waals surface area contributed by atoms with Gasteiger partial charge in [-0.1, -0.05) is 29.8 Å². The first-order chi connectivity index (χ1) is 7.18. The van der Waals surface area contributed by atoms with E-state index in [0.717, 1.165) is 5.56 Å². The van der Waals surface area contributed by atoms with E-state index in [4.69, 9.17) is 4.74 Å². The average Bonchev–Trinajstić information content (AvgIpc) is 2.22. The molecule has 1 aromatic carbocycles. The third-order valence-electron chi connectivity index (χ3n) is 3.03. The van der Waals surface area contributed by atoms with Crippen molar-refractivity contribution in [3.8, 4) is 0 Å². The summed E-state index contributed by atoms with van der Waals surface area (Å²) in [7, 11) is 0. The predicted octanol–water partition coefficient (Wildman–Crippen LogP) is 3.06. The fourth-order valence-electron chi connectivity index (χ4n) is 1.99. The molecule has 1 saturated heterocycles. The maximum absolute atomic E-state index is 14.3. The Morgan fingerprint density at radius 2 is 1.80 bits per heavy atom. The summed E-state index contributed by atoms with van der Waals surface area (Å²) in [6, 6.07) is 8.12. The summed E-state index contributed by atoms with van der Waals surface area (Å²) in [5.41, 5.74) is 1.26. The summed E-state index contributed by atoms with van der Waals surface area (Å²) < 4.78 is 19.5. The van der Waals surface area contributed by atoms with Crippen molar-refractivity contribution < 1.29 is 9.13 Å². The second-order valence-corrected chi connectivity index (χ2v) is 4.43. The van der Waals surface area contributed by atoms with E-state index < -0.39 is 5.67 Å². The number of halogens is 1. The molecule has 0 unspecified atom stereocenters. The van der Waals surface area contributed by atoms with Crippen LogP contribution in [0.15, 0.2) is 24.3 Å². The summed E-state index contributed by atoms with van der Waals surface area (Å²) in [4.78, 5) is 0. The van der Waals surface area contributed by atoms with Crippen molar-refractivity contribution in [3.05, 3.63) is 35.4 Å². The summed E-state index contributed by atoms with van der Waals surface area (Å²) in [5, 5.41) is 0. The molecule has 1 nitrogen and oxygen atoms in total. The predicted molar refractivity (Wildman–Crippen MR) is 58.8 cm³/mol. The van der Waals surface area contributed by atoms with Crippen LogP contribution >= 0.6 is 0 Å². The highest BCUT2D eigenvalue weighted by atomic mass is 19.1. The number of rotatable bonds is 2. The molecule has 1 aliphatic rings. The molecule has 0 saturated carbocycles. The lowest BCUT2D eigenvalue weighted by molar-refractivity contribution is -0.00816. The van der Waals surface area contributed by atoms with Gasteiger partial charge in [0.05, 0.1) is 0 Å². The Labute approximate surface area is 90.3 Å². The molecule has 2 rings (SSSR count). The molecule has 0 aromatic heterocycles. The van der Waals surface area contributed by atoms with Gasteiger partial charge in [-0.15, -0.1) is 0 Å². The zero-order chi connectivity index (χ0) is 10.7. The second-order valence-electron chi connectivity index (χ2n) is 4.43. The van der Waals surface area contributed by atoms with Crippen LogP contribution in [0.25, 0.3) is 0 Å². The summed E-state index contributed by atoms with van der Waals surface area (Å²) in [6.45, 7) is 3.16. The van der Waals surface area contributed by atoms with Crippen LogP contribution < -0.4 is 0 Å². The molecular weight excluding hydrogens is 191 g/mol. The van der Waals surface area contributed by atoms with E-state index in [1.165, 1.54) is 5.56 Å². The lowest BCUT2D eigenvalue weighted by Gasteiger charge is -2.29. The number of hydrogen-bond donors (Lipinski definition) is 0. The van der Waals surface area contributed by atoms with Crippen LogP contribution in [-0.2, 0) is 11.2 Å². The van der Waals surface area contributed by atoms with E-state index in [1.807, 2.05) is 31.2 Å². The minimum absolute atomic E-state index is 0.524. The van der Waals surface area contributed by atoms with Gasteiger partial charge >= 0.3 is 0 Å². The second kappa shape index (κ2) is 4.31. The Hall–Kier alpha value is -0.890. The smallest absolute Gasteiger partial charge is 0.119 e. The molecule has 0 bridgehead atoms. The molecule has 1 aromatic rings. The van der Waals surface area contributed by atoms with Gasteiger partial charge in [0.2, 0.25) is 0 Å². The van der Waals surface area contributed by atoms with E-state index in [9.17, 15) is 4.39 Å². The molecule has 0 radical (unpaired) electrons. The Bertz CT molecular complexity index is 312. The van der Waals surface area contributed by atoms with Crippen molar-refractivity contribution in [2.75, 3.05) is 13.2 Å². The van der Waals surface area contributed by atoms with Gasteiger partial charge in [-0.05, 0) is 12.5 Å². The Morgan fingerprint density at radius 1 is 1.20 bits per heavy atom. The molecule has 0 atom stereocenters. The molecule has 0 amide bonds. The number of alkyl halides is 1. The Morgan fingerprint density at radius 3 is 2.40 bits per heavy atom. The molecule has 0 spiro atoms. The normalized spacial score (nSPS) is 20.1. The first-order valence-corrected chi connectivity index (χ1v) is 5.50. The minimum atomic E-state index is -1.05. The number of hydrogen-bond acceptors (Lipinski definition) is 1. The summed E-state index contributed by atoms with van der Waals surface area (Å²) >= 11 is 0. The van der Waals surface area contributed by atoms with Gasteiger partial charge in [-0.3, -0.25) is 0 Å². The summed E-state index contributed by atoms with van der Waals surface area (Å²) in [5.74, 6) is 0.